The molecule has 2 aromatic carbocycles. The van der Waals surface area contributed by atoms with Crippen LogP contribution in [0.15, 0.2) is 36.4 Å². The van der Waals surface area contributed by atoms with E-state index in [0.717, 1.165) is 5.56 Å². The van der Waals surface area contributed by atoms with Gasteiger partial charge in [0.2, 0.25) is 0 Å². The molecule has 0 fully saturated rings. The van der Waals surface area contributed by atoms with Gasteiger partial charge in [0, 0.05) is 22.9 Å². The monoisotopic (exact) mass is 300 g/mol. The average molecular weight is 300 g/mol. The summed E-state index contributed by atoms with van der Waals surface area (Å²) in [4.78, 5) is 22.8. The number of nitro benzene ring substituents is 1. The molecule has 0 spiro atoms. The predicted molar refractivity (Wildman–Crippen MR) is 82.9 cm³/mol. The summed E-state index contributed by atoms with van der Waals surface area (Å²) >= 11 is 0. The van der Waals surface area contributed by atoms with E-state index in [1.54, 1.807) is 31.2 Å². The molecule has 2 rings (SSSR count). The molecule has 0 aliphatic rings. The van der Waals surface area contributed by atoms with Crippen molar-refractivity contribution >= 4 is 17.3 Å². The van der Waals surface area contributed by atoms with E-state index in [2.05, 4.69) is 5.32 Å². The fraction of sp³-hybridized carbons (Fsp3) is 0.188. The molecule has 0 radical (unpaired) electrons. The molecule has 0 heterocycles. The number of aliphatic hydroxyl groups is 1. The van der Waals surface area contributed by atoms with Gasteiger partial charge >= 0.3 is 0 Å². The topological polar surface area (TPSA) is 92.5 Å². The van der Waals surface area contributed by atoms with E-state index in [9.17, 15) is 14.9 Å². The Bertz CT molecular complexity index is 741. The second-order valence-corrected chi connectivity index (χ2v) is 4.97. The number of nitro groups is 1. The number of aryl methyl sites for hydroxylation is 1. The number of benzene rings is 2. The Hall–Kier alpha value is -2.73. The van der Waals surface area contributed by atoms with Crippen molar-refractivity contribution in [3.05, 3.63) is 68.8 Å². The van der Waals surface area contributed by atoms with Gasteiger partial charge in [-0.05, 0) is 37.1 Å². The standard InChI is InChI=1S/C16H16N2O4/c1-10-6-7-12(9-19)8-14(10)17-16(20)13-4-3-5-15(11(13)2)18(21)22/h3-8,19H,9H2,1-2H3,(H,17,20). The number of aliphatic hydroxyl groups excluding tert-OH is 1. The maximum Gasteiger partial charge on any atom is 0.273 e. The lowest BCUT2D eigenvalue weighted by Gasteiger charge is -2.11. The Morgan fingerprint density at radius 1 is 1.27 bits per heavy atom. The largest absolute Gasteiger partial charge is 0.392 e. The van der Waals surface area contributed by atoms with Gasteiger partial charge in [0.25, 0.3) is 11.6 Å². The summed E-state index contributed by atoms with van der Waals surface area (Å²) in [5, 5.41) is 22.8. The zero-order chi connectivity index (χ0) is 16.3. The number of carbonyl (C=O) groups is 1. The van der Waals surface area contributed by atoms with E-state index in [0.29, 0.717) is 16.8 Å². The normalized spacial score (nSPS) is 10.3. The van der Waals surface area contributed by atoms with Gasteiger partial charge in [0.1, 0.15) is 0 Å². The van der Waals surface area contributed by atoms with E-state index in [1.165, 1.54) is 12.1 Å². The third-order valence-electron chi connectivity index (χ3n) is 3.48. The molecule has 0 aromatic heterocycles. The molecular weight excluding hydrogens is 284 g/mol. The average Bonchev–Trinajstić information content (AvgIpc) is 2.49. The van der Waals surface area contributed by atoms with Crippen LogP contribution in [0.25, 0.3) is 0 Å². The van der Waals surface area contributed by atoms with Gasteiger partial charge in [-0.3, -0.25) is 14.9 Å². The van der Waals surface area contributed by atoms with Crippen LogP contribution in [0.3, 0.4) is 0 Å². The molecule has 114 valence electrons. The van der Waals surface area contributed by atoms with Crippen LogP contribution in [-0.4, -0.2) is 15.9 Å². The molecule has 0 aliphatic carbocycles. The number of anilines is 1. The summed E-state index contributed by atoms with van der Waals surface area (Å²) in [6, 6.07) is 9.63. The maximum absolute atomic E-state index is 12.4. The lowest BCUT2D eigenvalue weighted by molar-refractivity contribution is -0.385. The Morgan fingerprint density at radius 2 is 2.00 bits per heavy atom. The fourth-order valence-electron chi connectivity index (χ4n) is 2.16. The second kappa shape index (κ2) is 6.36. The molecule has 2 aromatic rings. The highest BCUT2D eigenvalue weighted by Crippen LogP contribution is 2.23. The van der Waals surface area contributed by atoms with Crippen molar-refractivity contribution in [3.63, 3.8) is 0 Å². The number of nitrogens with one attached hydrogen (secondary N) is 1. The molecule has 0 saturated carbocycles. The minimum Gasteiger partial charge on any atom is -0.392 e. The molecule has 0 atom stereocenters. The van der Waals surface area contributed by atoms with Gasteiger partial charge in [0.15, 0.2) is 0 Å². The predicted octanol–water partition coefficient (Wildman–Crippen LogP) is 2.96. The molecule has 0 aliphatic heterocycles. The van der Waals surface area contributed by atoms with Crippen molar-refractivity contribution in [1.82, 2.24) is 0 Å². The molecule has 22 heavy (non-hydrogen) atoms. The summed E-state index contributed by atoms with van der Waals surface area (Å²) in [6.45, 7) is 3.25. The van der Waals surface area contributed by atoms with Crippen LogP contribution in [0.1, 0.15) is 27.0 Å². The molecule has 2 N–H and O–H groups in total. The summed E-state index contributed by atoms with van der Waals surface area (Å²) in [7, 11) is 0. The Labute approximate surface area is 127 Å². The van der Waals surface area contributed by atoms with Crippen molar-refractivity contribution in [2.75, 3.05) is 5.32 Å². The zero-order valence-corrected chi connectivity index (χ0v) is 12.3. The number of nitrogens with zero attached hydrogens (tertiary/aromatic N) is 1. The summed E-state index contributed by atoms with van der Waals surface area (Å²) in [5.74, 6) is -0.417. The van der Waals surface area contributed by atoms with E-state index in [4.69, 9.17) is 5.11 Å². The first-order valence-corrected chi connectivity index (χ1v) is 6.69. The lowest BCUT2D eigenvalue weighted by Crippen LogP contribution is -2.15. The highest BCUT2D eigenvalue weighted by molar-refractivity contribution is 6.06. The molecule has 0 saturated heterocycles. The zero-order valence-electron chi connectivity index (χ0n) is 12.3. The first-order chi connectivity index (χ1) is 10.4. The minimum absolute atomic E-state index is 0.0894. The van der Waals surface area contributed by atoms with Crippen molar-refractivity contribution < 1.29 is 14.8 Å². The summed E-state index contributed by atoms with van der Waals surface area (Å²) in [6.07, 6.45) is 0. The first-order valence-electron chi connectivity index (χ1n) is 6.69. The lowest BCUT2D eigenvalue weighted by atomic mass is 10.1. The Balaban J connectivity index is 2.34. The van der Waals surface area contributed by atoms with E-state index in [1.807, 2.05) is 6.92 Å². The van der Waals surface area contributed by atoms with Crippen molar-refractivity contribution in [2.24, 2.45) is 0 Å². The number of amides is 1. The van der Waals surface area contributed by atoms with Crippen LogP contribution in [0.2, 0.25) is 0 Å². The number of hydrogen-bond donors (Lipinski definition) is 2. The van der Waals surface area contributed by atoms with Crippen LogP contribution in [0.4, 0.5) is 11.4 Å². The number of carbonyl (C=O) groups excluding carboxylic acids is 1. The van der Waals surface area contributed by atoms with E-state index in [-0.39, 0.29) is 17.9 Å². The first kappa shape index (κ1) is 15.7. The van der Waals surface area contributed by atoms with Crippen LogP contribution < -0.4 is 5.32 Å². The maximum atomic E-state index is 12.4. The molecular formula is C16H16N2O4. The quantitative estimate of drug-likeness (QED) is 0.670. The van der Waals surface area contributed by atoms with E-state index >= 15 is 0 Å². The highest BCUT2D eigenvalue weighted by Gasteiger charge is 2.18. The SMILES string of the molecule is Cc1ccc(CO)cc1NC(=O)c1cccc([N+](=O)[O-])c1C. The Kier molecular flexibility index (Phi) is 4.53. The van der Waals surface area contributed by atoms with Gasteiger partial charge in [0.05, 0.1) is 11.5 Å². The van der Waals surface area contributed by atoms with Gasteiger partial charge < -0.3 is 10.4 Å². The third-order valence-corrected chi connectivity index (χ3v) is 3.48. The molecule has 0 bridgehead atoms. The summed E-state index contributed by atoms with van der Waals surface area (Å²) < 4.78 is 0. The van der Waals surface area contributed by atoms with Gasteiger partial charge in [-0.15, -0.1) is 0 Å². The highest BCUT2D eigenvalue weighted by atomic mass is 16.6. The molecule has 1 amide bonds. The number of hydrogen-bond acceptors (Lipinski definition) is 4. The van der Waals surface area contributed by atoms with E-state index < -0.39 is 10.8 Å². The van der Waals surface area contributed by atoms with Crippen molar-refractivity contribution in [1.29, 1.82) is 0 Å². The summed E-state index contributed by atoms with van der Waals surface area (Å²) in [5.41, 5.74) is 2.57. The van der Waals surface area contributed by atoms with Crippen LogP contribution >= 0.6 is 0 Å². The van der Waals surface area contributed by atoms with Crippen molar-refractivity contribution in [3.8, 4) is 0 Å². The smallest absolute Gasteiger partial charge is 0.273 e. The second-order valence-electron chi connectivity index (χ2n) is 4.97. The van der Waals surface area contributed by atoms with Gasteiger partial charge in [-0.2, -0.15) is 0 Å². The van der Waals surface area contributed by atoms with Gasteiger partial charge in [-0.1, -0.05) is 18.2 Å². The molecule has 0 unspecified atom stereocenters. The third kappa shape index (κ3) is 3.12. The fourth-order valence-corrected chi connectivity index (χ4v) is 2.16. The Morgan fingerprint density at radius 3 is 2.64 bits per heavy atom. The van der Waals surface area contributed by atoms with Crippen LogP contribution in [-0.2, 0) is 6.61 Å². The molecule has 6 heteroatoms. The molecule has 6 nitrogen and oxygen atoms in total. The minimum atomic E-state index is -0.510. The van der Waals surface area contributed by atoms with Crippen LogP contribution in [0, 0.1) is 24.0 Å². The van der Waals surface area contributed by atoms with Gasteiger partial charge in [-0.25, -0.2) is 0 Å². The number of rotatable bonds is 4. The van der Waals surface area contributed by atoms with Crippen LogP contribution in [0.5, 0.6) is 0 Å². The van der Waals surface area contributed by atoms with Crippen molar-refractivity contribution in [2.45, 2.75) is 20.5 Å².